The average Bonchev–Trinajstić information content (AvgIpc) is 2.54. The molecule has 0 N–H and O–H groups in total. The second-order valence-electron chi connectivity index (χ2n) is 2.74. The van der Waals surface area contributed by atoms with Crippen molar-refractivity contribution in [3.8, 4) is 11.5 Å². The molecule has 0 atom stereocenters. The minimum absolute atomic E-state index is 0.873. The van der Waals surface area contributed by atoms with Crippen LogP contribution in [0.1, 0.15) is 5.56 Å². The first-order valence-corrected chi connectivity index (χ1v) is 4.93. The summed E-state index contributed by atoms with van der Waals surface area (Å²) in [6.07, 6.45) is 0. The molecule has 1 aromatic carbocycles. The number of para-hydroxylation sites is 1. The van der Waals surface area contributed by atoms with E-state index in [9.17, 15) is 0 Å². The molecular formula is C11H9OS. The predicted octanol–water partition coefficient (Wildman–Crippen LogP) is 3.65. The molecule has 0 aliphatic heterocycles. The standard InChI is InChI=1S/C11H9OS/c1-9-7-13-8-11(9)12-10-5-3-2-4-6-10/h2-6,8H,1H3. The van der Waals surface area contributed by atoms with Crippen molar-refractivity contribution in [2.75, 3.05) is 0 Å². The number of rotatable bonds is 2. The van der Waals surface area contributed by atoms with Crippen molar-refractivity contribution in [2.45, 2.75) is 6.92 Å². The third kappa shape index (κ3) is 1.90. The Balaban J connectivity index is 2.20. The monoisotopic (exact) mass is 189 g/mol. The number of hydrogen-bond acceptors (Lipinski definition) is 2. The van der Waals surface area contributed by atoms with E-state index in [2.05, 4.69) is 5.38 Å². The first kappa shape index (κ1) is 8.32. The summed E-state index contributed by atoms with van der Waals surface area (Å²) in [5.41, 5.74) is 1.06. The van der Waals surface area contributed by atoms with E-state index >= 15 is 0 Å². The van der Waals surface area contributed by atoms with Gasteiger partial charge in [0.1, 0.15) is 11.5 Å². The molecule has 0 aliphatic carbocycles. The molecule has 0 aliphatic rings. The van der Waals surface area contributed by atoms with Crippen LogP contribution in [-0.4, -0.2) is 0 Å². The summed E-state index contributed by atoms with van der Waals surface area (Å²) in [5.74, 6) is 1.77. The van der Waals surface area contributed by atoms with Gasteiger partial charge < -0.3 is 4.74 Å². The van der Waals surface area contributed by atoms with Gasteiger partial charge in [-0.3, -0.25) is 0 Å². The Kier molecular flexibility index (Phi) is 2.32. The minimum Gasteiger partial charge on any atom is -0.456 e. The second kappa shape index (κ2) is 3.62. The van der Waals surface area contributed by atoms with Gasteiger partial charge in [0.25, 0.3) is 0 Å². The fraction of sp³-hybridized carbons (Fsp3) is 0.0909. The van der Waals surface area contributed by atoms with Crippen LogP contribution in [0.2, 0.25) is 0 Å². The maximum atomic E-state index is 5.63. The molecule has 1 aromatic heterocycles. The summed E-state index contributed by atoms with van der Waals surface area (Å²) >= 11 is 1.54. The Bertz CT molecular complexity index is 378. The van der Waals surface area contributed by atoms with Crippen LogP contribution in [0, 0.1) is 12.3 Å². The lowest BCUT2D eigenvalue weighted by molar-refractivity contribution is 0.481. The summed E-state index contributed by atoms with van der Waals surface area (Å²) < 4.78 is 5.63. The van der Waals surface area contributed by atoms with E-state index in [1.807, 2.05) is 42.6 Å². The third-order valence-electron chi connectivity index (χ3n) is 1.72. The molecule has 0 saturated heterocycles. The molecule has 2 aromatic rings. The molecule has 0 spiro atoms. The molecular weight excluding hydrogens is 180 g/mol. The first-order valence-electron chi connectivity index (χ1n) is 4.05. The minimum atomic E-state index is 0.873. The topological polar surface area (TPSA) is 9.23 Å². The van der Waals surface area contributed by atoms with Gasteiger partial charge in [-0.1, -0.05) is 18.2 Å². The molecule has 65 valence electrons. The number of benzene rings is 1. The van der Waals surface area contributed by atoms with Crippen molar-refractivity contribution in [2.24, 2.45) is 0 Å². The van der Waals surface area contributed by atoms with Gasteiger partial charge in [0.2, 0.25) is 0 Å². The highest BCUT2D eigenvalue weighted by Gasteiger charge is 2.00. The molecule has 0 bridgehead atoms. The van der Waals surface area contributed by atoms with Gasteiger partial charge in [-0.15, -0.1) is 11.3 Å². The van der Waals surface area contributed by atoms with Crippen molar-refractivity contribution in [3.63, 3.8) is 0 Å². The highest BCUT2D eigenvalue weighted by atomic mass is 32.1. The average molecular weight is 189 g/mol. The molecule has 0 unspecified atom stereocenters. The molecule has 2 rings (SSSR count). The van der Waals surface area contributed by atoms with E-state index in [1.165, 1.54) is 11.3 Å². The lowest BCUT2D eigenvalue weighted by Gasteiger charge is -2.03. The van der Waals surface area contributed by atoms with Crippen LogP contribution in [-0.2, 0) is 0 Å². The Morgan fingerprint density at radius 1 is 1.23 bits per heavy atom. The summed E-state index contributed by atoms with van der Waals surface area (Å²) in [6, 6.07) is 9.77. The Hall–Kier alpha value is -1.28. The number of aryl methyl sites for hydroxylation is 1. The van der Waals surface area contributed by atoms with E-state index in [4.69, 9.17) is 4.74 Å². The summed E-state index contributed by atoms with van der Waals surface area (Å²) in [5, 5.41) is 5.07. The van der Waals surface area contributed by atoms with Crippen molar-refractivity contribution in [1.29, 1.82) is 0 Å². The highest BCUT2D eigenvalue weighted by molar-refractivity contribution is 7.07. The zero-order valence-corrected chi connectivity index (χ0v) is 8.10. The number of ether oxygens (including phenoxy) is 1. The number of thiophene rings is 1. The van der Waals surface area contributed by atoms with Crippen LogP contribution in [0.4, 0.5) is 0 Å². The van der Waals surface area contributed by atoms with E-state index in [-0.39, 0.29) is 0 Å². The van der Waals surface area contributed by atoms with Crippen molar-refractivity contribution in [1.82, 2.24) is 0 Å². The molecule has 0 fully saturated rings. The number of hydrogen-bond donors (Lipinski definition) is 0. The summed E-state index contributed by atoms with van der Waals surface area (Å²) in [7, 11) is 0. The Morgan fingerprint density at radius 2 is 2.00 bits per heavy atom. The SMILES string of the molecule is Cc1[c]scc1Oc1ccccc1. The van der Waals surface area contributed by atoms with Crippen molar-refractivity contribution >= 4 is 11.3 Å². The van der Waals surface area contributed by atoms with Crippen LogP contribution < -0.4 is 4.74 Å². The lowest BCUT2D eigenvalue weighted by Crippen LogP contribution is -1.82. The van der Waals surface area contributed by atoms with Gasteiger partial charge >= 0.3 is 0 Å². The van der Waals surface area contributed by atoms with Crippen molar-refractivity contribution < 1.29 is 4.74 Å². The smallest absolute Gasteiger partial charge is 0.141 e. The quantitative estimate of drug-likeness (QED) is 0.700. The van der Waals surface area contributed by atoms with Gasteiger partial charge in [0.05, 0.1) is 5.38 Å². The molecule has 13 heavy (non-hydrogen) atoms. The lowest BCUT2D eigenvalue weighted by atomic mass is 10.3. The molecule has 0 saturated carbocycles. The first-order chi connectivity index (χ1) is 6.36. The van der Waals surface area contributed by atoms with Crippen molar-refractivity contribution in [3.05, 3.63) is 46.7 Å². The molecule has 1 heterocycles. The van der Waals surface area contributed by atoms with Gasteiger partial charge in [-0.2, -0.15) is 0 Å². The van der Waals surface area contributed by atoms with Crippen LogP contribution >= 0.6 is 11.3 Å². The zero-order chi connectivity index (χ0) is 9.10. The maximum Gasteiger partial charge on any atom is 0.141 e. The van der Waals surface area contributed by atoms with Crippen LogP contribution in [0.25, 0.3) is 0 Å². The van der Waals surface area contributed by atoms with Gasteiger partial charge in [0, 0.05) is 10.9 Å². The summed E-state index contributed by atoms with van der Waals surface area (Å²) in [6.45, 7) is 1.99. The van der Waals surface area contributed by atoms with E-state index in [1.54, 1.807) is 0 Å². The van der Waals surface area contributed by atoms with E-state index in [0.29, 0.717) is 0 Å². The van der Waals surface area contributed by atoms with Crippen LogP contribution in [0.5, 0.6) is 11.5 Å². The van der Waals surface area contributed by atoms with Crippen LogP contribution in [0.3, 0.4) is 0 Å². The zero-order valence-electron chi connectivity index (χ0n) is 7.28. The predicted molar refractivity (Wildman–Crippen MR) is 54.4 cm³/mol. The van der Waals surface area contributed by atoms with E-state index in [0.717, 1.165) is 17.1 Å². The fourth-order valence-corrected chi connectivity index (χ4v) is 1.69. The Morgan fingerprint density at radius 3 is 2.62 bits per heavy atom. The fourth-order valence-electron chi connectivity index (χ4n) is 1.03. The van der Waals surface area contributed by atoms with Gasteiger partial charge in [-0.05, 0) is 19.1 Å². The molecule has 1 radical (unpaired) electrons. The third-order valence-corrected chi connectivity index (χ3v) is 2.47. The molecule has 0 amide bonds. The Labute approximate surface area is 81.6 Å². The largest absolute Gasteiger partial charge is 0.456 e. The highest BCUT2D eigenvalue weighted by Crippen LogP contribution is 2.26. The van der Waals surface area contributed by atoms with E-state index < -0.39 is 0 Å². The molecule has 1 nitrogen and oxygen atoms in total. The second-order valence-corrected chi connectivity index (χ2v) is 3.42. The summed E-state index contributed by atoms with van der Waals surface area (Å²) in [4.78, 5) is 0. The normalized spacial score (nSPS) is 9.92. The molecule has 2 heteroatoms. The van der Waals surface area contributed by atoms with Gasteiger partial charge in [-0.25, -0.2) is 0 Å². The maximum absolute atomic E-state index is 5.63. The van der Waals surface area contributed by atoms with Gasteiger partial charge in [0.15, 0.2) is 0 Å². The van der Waals surface area contributed by atoms with Crippen LogP contribution in [0.15, 0.2) is 35.7 Å².